The summed E-state index contributed by atoms with van der Waals surface area (Å²) >= 11 is 6.01. The Morgan fingerprint density at radius 1 is 1.19 bits per heavy atom. The number of rotatable bonds is 6. The van der Waals surface area contributed by atoms with Crippen LogP contribution in [-0.4, -0.2) is 52.2 Å². The van der Waals surface area contributed by atoms with E-state index in [1.165, 1.54) is 16.7 Å². The number of nitrogens with one attached hydrogen (secondary N) is 1. The maximum atomic E-state index is 13.4. The average molecular weight is 503 g/mol. The molecule has 0 radical (unpaired) electrons. The van der Waals surface area contributed by atoms with Crippen molar-refractivity contribution in [3.05, 3.63) is 83.0 Å². The van der Waals surface area contributed by atoms with Gasteiger partial charge in [0.25, 0.3) is 5.91 Å². The van der Waals surface area contributed by atoms with Crippen molar-refractivity contribution in [1.82, 2.24) is 14.8 Å². The highest BCUT2D eigenvalue weighted by molar-refractivity contribution is 6.30. The highest BCUT2D eigenvalue weighted by Crippen LogP contribution is 2.23. The molecule has 0 fully saturated rings. The summed E-state index contributed by atoms with van der Waals surface area (Å²) in [7, 11) is 1.60. The first-order chi connectivity index (χ1) is 17.3. The maximum Gasteiger partial charge on any atom is 0.254 e. The second-order valence-corrected chi connectivity index (χ2v) is 8.52. The van der Waals surface area contributed by atoms with Gasteiger partial charge in [-0.3, -0.25) is 14.5 Å². The highest BCUT2D eigenvalue weighted by Gasteiger charge is 2.35. The van der Waals surface area contributed by atoms with Crippen molar-refractivity contribution in [3.8, 4) is 17.7 Å². The van der Waals surface area contributed by atoms with Crippen LogP contribution in [0.5, 0.6) is 11.6 Å². The fourth-order valence-electron chi connectivity index (χ4n) is 3.55. The third kappa shape index (κ3) is 5.79. The lowest BCUT2D eigenvalue weighted by molar-refractivity contribution is -0.141. The number of ether oxygens (including phenoxy) is 1. The molecular formula is C26H23ClN6O3. The first-order valence-corrected chi connectivity index (χ1v) is 11.5. The summed E-state index contributed by atoms with van der Waals surface area (Å²) in [5, 5.41) is 12.8. The molecular weight excluding hydrogens is 480 g/mol. The maximum absolute atomic E-state index is 13.4. The molecule has 1 unspecified atom stereocenters. The lowest BCUT2D eigenvalue weighted by Gasteiger charge is -2.35. The molecule has 1 aliphatic rings. The number of guanidine groups is 1. The summed E-state index contributed by atoms with van der Waals surface area (Å²) in [5.74, 6) is 0.776. The number of anilines is 1. The molecule has 10 heteroatoms. The van der Waals surface area contributed by atoms with Crippen LogP contribution >= 0.6 is 11.6 Å². The molecule has 0 spiro atoms. The van der Waals surface area contributed by atoms with Crippen LogP contribution in [0.4, 0.5) is 5.69 Å². The van der Waals surface area contributed by atoms with Crippen molar-refractivity contribution >= 4 is 35.1 Å². The zero-order chi connectivity index (χ0) is 25.7. The number of nitriles is 1. The monoisotopic (exact) mass is 502 g/mol. The Morgan fingerprint density at radius 3 is 2.58 bits per heavy atom. The van der Waals surface area contributed by atoms with Gasteiger partial charge >= 0.3 is 0 Å². The molecule has 1 aliphatic heterocycles. The summed E-state index contributed by atoms with van der Waals surface area (Å²) in [4.78, 5) is 36.9. The van der Waals surface area contributed by atoms with Gasteiger partial charge in [-0.25, -0.2) is 9.98 Å². The number of hydrogen-bond acceptors (Lipinski definition) is 7. The number of nitrogens with zero attached hydrogens (tertiary/aromatic N) is 5. The quantitative estimate of drug-likeness (QED) is 0.544. The predicted octanol–water partition coefficient (Wildman–Crippen LogP) is 4.06. The average Bonchev–Trinajstić information content (AvgIpc) is 2.88. The minimum absolute atomic E-state index is 0.149. The minimum atomic E-state index is -0.687. The third-order valence-corrected chi connectivity index (χ3v) is 5.86. The molecule has 0 saturated heterocycles. The standard InChI is InChI=1S/C26H23ClN6O3/c1-17(34)32(2)23-15-29-26(33(25(23)35)16-18-6-8-19(27)9-7-18)31-20-10-12-22(13-11-20)36-24-5-3-4-21(14-28)30-24/h3-13,23H,15-16H2,1-2H3,(H,29,31). The normalized spacial score (nSPS) is 15.1. The smallest absolute Gasteiger partial charge is 0.254 e. The van der Waals surface area contributed by atoms with Crippen LogP contribution in [0.15, 0.2) is 71.7 Å². The van der Waals surface area contributed by atoms with Gasteiger partial charge in [-0.05, 0) is 48.0 Å². The molecule has 36 heavy (non-hydrogen) atoms. The molecule has 0 aliphatic carbocycles. The van der Waals surface area contributed by atoms with Crippen LogP contribution in [0.2, 0.25) is 5.02 Å². The number of likely N-dealkylation sites (N-methyl/N-ethyl adjacent to an activating group) is 1. The van der Waals surface area contributed by atoms with Crippen LogP contribution in [0.25, 0.3) is 0 Å². The van der Waals surface area contributed by atoms with Crippen LogP contribution in [-0.2, 0) is 16.1 Å². The molecule has 2 aromatic carbocycles. The molecule has 1 atom stereocenters. The topological polar surface area (TPSA) is 111 Å². The Hall–Kier alpha value is -4.42. The Morgan fingerprint density at radius 2 is 1.92 bits per heavy atom. The van der Waals surface area contributed by atoms with E-state index in [4.69, 9.17) is 21.6 Å². The first-order valence-electron chi connectivity index (χ1n) is 11.1. The fourth-order valence-corrected chi connectivity index (χ4v) is 3.68. The third-order valence-electron chi connectivity index (χ3n) is 5.61. The lowest BCUT2D eigenvalue weighted by Crippen LogP contribution is -2.56. The lowest BCUT2D eigenvalue weighted by atomic mass is 10.1. The zero-order valence-corrected chi connectivity index (χ0v) is 20.4. The molecule has 2 amide bonds. The molecule has 3 aromatic rings. The summed E-state index contributed by atoms with van der Waals surface area (Å²) in [6, 6.07) is 20.5. The van der Waals surface area contributed by atoms with E-state index >= 15 is 0 Å². The minimum Gasteiger partial charge on any atom is -0.439 e. The van der Waals surface area contributed by atoms with Gasteiger partial charge in [0, 0.05) is 30.7 Å². The van der Waals surface area contributed by atoms with E-state index in [9.17, 15) is 9.59 Å². The number of halogens is 1. The van der Waals surface area contributed by atoms with Gasteiger partial charge in [0.2, 0.25) is 17.7 Å². The Bertz CT molecular complexity index is 1340. The molecule has 1 aromatic heterocycles. The van der Waals surface area contributed by atoms with Gasteiger partial charge in [0.15, 0.2) is 0 Å². The van der Waals surface area contributed by atoms with Gasteiger partial charge in [0.1, 0.15) is 23.6 Å². The SMILES string of the molecule is CC(=O)N(C)C1CN=C(Nc2ccc(Oc3cccc(C#N)n3)cc2)N(Cc2ccc(Cl)cc2)C1=O. The van der Waals surface area contributed by atoms with Gasteiger partial charge in [-0.15, -0.1) is 0 Å². The van der Waals surface area contributed by atoms with Crippen molar-refractivity contribution in [1.29, 1.82) is 5.26 Å². The first kappa shape index (κ1) is 24.7. The van der Waals surface area contributed by atoms with Crippen LogP contribution in [0.3, 0.4) is 0 Å². The van der Waals surface area contributed by atoms with Crippen molar-refractivity contribution < 1.29 is 14.3 Å². The number of benzene rings is 2. The molecule has 0 bridgehead atoms. The molecule has 2 heterocycles. The molecule has 1 N–H and O–H groups in total. The Balaban J connectivity index is 1.53. The van der Waals surface area contributed by atoms with Crippen LogP contribution < -0.4 is 10.1 Å². The second kappa shape index (κ2) is 10.9. The molecule has 0 saturated carbocycles. The van der Waals surface area contributed by atoms with Gasteiger partial charge in [-0.2, -0.15) is 5.26 Å². The van der Waals surface area contributed by atoms with Crippen molar-refractivity contribution in [3.63, 3.8) is 0 Å². The fraction of sp³-hybridized carbons (Fsp3) is 0.192. The van der Waals surface area contributed by atoms with E-state index in [1.54, 1.807) is 61.6 Å². The van der Waals surface area contributed by atoms with E-state index in [2.05, 4.69) is 15.3 Å². The van der Waals surface area contributed by atoms with Crippen molar-refractivity contribution in [2.45, 2.75) is 19.5 Å². The molecule has 4 rings (SSSR count). The Kier molecular flexibility index (Phi) is 7.47. The molecule has 9 nitrogen and oxygen atoms in total. The summed E-state index contributed by atoms with van der Waals surface area (Å²) in [6.45, 7) is 1.83. The van der Waals surface area contributed by atoms with E-state index in [0.29, 0.717) is 28.3 Å². The zero-order valence-electron chi connectivity index (χ0n) is 19.7. The Labute approximate surface area is 213 Å². The van der Waals surface area contributed by atoms with Crippen LogP contribution in [0.1, 0.15) is 18.2 Å². The highest BCUT2D eigenvalue weighted by atomic mass is 35.5. The summed E-state index contributed by atoms with van der Waals surface area (Å²) in [6.07, 6.45) is 0. The van der Waals surface area contributed by atoms with E-state index < -0.39 is 6.04 Å². The van der Waals surface area contributed by atoms with Crippen molar-refractivity contribution in [2.24, 2.45) is 4.99 Å². The van der Waals surface area contributed by atoms with Crippen molar-refractivity contribution in [2.75, 3.05) is 18.9 Å². The largest absolute Gasteiger partial charge is 0.439 e. The van der Waals surface area contributed by atoms with Gasteiger partial charge < -0.3 is 15.0 Å². The predicted molar refractivity (Wildman–Crippen MR) is 136 cm³/mol. The summed E-state index contributed by atoms with van der Waals surface area (Å²) in [5.41, 5.74) is 1.82. The van der Waals surface area contributed by atoms with E-state index in [0.717, 1.165) is 5.56 Å². The number of carbonyl (C=O) groups excluding carboxylic acids is 2. The number of carbonyl (C=O) groups is 2. The van der Waals surface area contributed by atoms with E-state index in [1.807, 2.05) is 18.2 Å². The number of aliphatic imine (C=N–C) groups is 1. The summed E-state index contributed by atoms with van der Waals surface area (Å²) < 4.78 is 5.72. The second-order valence-electron chi connectivity index (χ2n) is 8.09. The molecule has 182 valence electrons. The van der Waals surface area contributed by atoms with Crippen LogP contribution in [0, 0.1) is 11.3 Å². The number of amides is 2. The number of pyridine rings is 1. The van der Waals surface area contributed by atoms with E-state index in [-0.39, 0.29) is 30.6 Å². The van der Waals surface area contributed by atoms with Gasteiger partial charge in [-0.1, -0.05) is 29.8 Å². The van der Waals surface area contributed by atoms with Gasteiger partial charge in [0.05, 0.1) is 13.1 Å². The number of aromatic nitrogens is 1. The number of hydrogen-bond donors (Lipinski definition) is 1.